The highest BCUT2D eigenvalue weighted by Gasteiger charge is 2.42. The minimum atomic E-state index is -0.638. The van der Waals surface area contributed by atoms with Crippen LogP contribution in [0.3, 0.4) is 0 Å². The largest absolute Gasteiger partial charge is 0.495 e. The number of amides is 2. The molecular weight excluding hydrogens is 436 g/mol. The quantitative estimate of drug-likeness (QED) is 0.617. The van der Waals surface area contributed by atoms with E-state index < -0.39 is 6.04 Å². The second-order valence-electron chi connectivity index (χ2n) is 7.39. The number of nitrogens with zero attached hydrogens (tertiary/aromatic N) is 3. The fraction of sp³-hybridized carbons (Fsp3) is 0.120. The van der Waals surface area contributed by atoms with Gasteiger partial charge in [-0.2, -0.15) is 0 Å². The van der Waals surface area contributed by atoms with E-state index in [0.717, 1.165) is 16.8 Å². The highest BCUT2D eigenvalue weighted by molar-refractivity contribution is 8.14. The molecule has 33 heavy (non-hydrogen) atoms. The number of para-hydroxylation sites is 3. The summed E-state index contributed by atoms with van der Waals surface area (Å²) in [6, 6.07) is 23.6. The second-order valence-corrected chi connectivity index (χ2v) is 8.33. The highest BCUT2D eigenvalue weighted by Crippen LogP contribution is 2.37. The summed E-state index contributed by atoms with van der Waals surface area (Å²) in [6.07, 6.45) is 0. The molecule has 0 fully saturated rings. The van der Waals surface area contributed by atoms with E-state index in [1.54, 1.807) is 19.2 Å². The van der Waals surface area contributed by atoms with E-state index in [1.807, 2.05) is 66.7 Å². The van der Waals surface area contributed by atoms with Crippen LogP contribution in [0, 0.1) is 0 Å². The monoisotopic (exact) mass is 456 g/mol. The number of aliphatic imine (C=N–C) groups is 2. The molecule has 164 valence electrons. The standard InChI is InChI=1S/C25H20N4O3S/c1-32-20-14-8-7-13-19(20)26-21(30)15-33-25-27-18-12-6-5-11-17(18)23-28-22(24(31)29(23)25)16-9-3-2-4-10-16/h2-14,22H,15H2,1H3,(H,26,30). The van der Waals surface area contributed by atoms with Gasteiger partial charge in [-0.1, -0.05) is 66.4 Å². The van der Waals surface area contributed by atoms with Gasteiger partial charge in [-0.15, -0.1) is 0 Å². The van der Waals surface area contributed by atoms with E-state index in [0.29, 0.717) is 22.4 Å². The topological polar surface area (TPSA) is 83.4 Å². The smallest absolute Gasteiger partial charge is 0.263 e. The van der Waals surface area contributed by atoms with E-state index in [2.05, 4.69) is 10.3 Å². The van der Waals surface area contributed by atoms with Gasteiger partial charge in [0.25, 0.3) is 5.91 Å². The normalized spacial score (nSPS) is 16.5. The third kappa shape index (κ3) is 4.01. The molecule has 0 radical (unpaired) electrons. The van der Waals surface area contributed by atoms with E-state index in [1.165, 1.54) is 16.7 Å². The van der Waals surface area contributed by atoms with Crippen LogP contribution in [-0.2, 0) is 9.59 Å². The lowest BCUT2D eigenvalue weighted by Crippen LogP contribution is -2.40. The average molecular weight is 457 g/mol. The first-order valence-corrected chi connectivity index (χ1v) is 11.3. The summed E-state index contributed by atoms with van der Waals surface area (Å²) in [4.78, 5) is 37.0. The Labute approximate surface area is 195 Å². The van der Waals surface area contributed by atoms with Crippen LogP contribution >= 0.6 is 11.8 Å². The number of hydrogen-bond donors (Lipinski definition) is 1. The third-order valence-electron chi connectivity index (χ3n) is 5.30. The van der Waals surface area contributed by atoms with Gasteiger partial charge in [0.2, 0.25) is 5.91 Å². The van der Waals surface area contributed by atoms with Crippen molar-refractivity contribution in [3.63, 3.8) is 0 Å². The summed E-state index contributed by atoms with van der Waals surface area (Å²) in [5, 5.41) is 3.29. The lowest BCUT2D eigenvalue weighted by molar-refractivity contribution is -0.124. The molecule has 0 spiro atoms. The van der Waals surface area contributed by atoms with Gasteiger partial charge in [0.05, 0.1) is 24.2 Å². The number of thioether (sulfide) groups is 1. The van der Waals surface area contributed by atoms with Gasteiger partial charge >= 0.3 is 0 Å². The van der Waals surface area contributed by atoms with Crippen molar-refractivity contribution in [2.24, 2.45) is 9.98 Å². The summed E-state index contributed by atoms with van der Waals surface area (Å²) < 4.78 is 5.29. The number of carbonyl (C=O) groups excluding carboxylic acids is 2. The Morgan fingerprint density at radius 3 is 2.58 bits per heavy atom. The lowest BCUT2D eigenvalue weighted by atomic mass is 10.1. The maximum Gasteiger partial charge on any atom is 0.263 e. The minimum Gasteiger partial charge on any atom is -0.495 e. The molecule has 7 nitrogen and oxygen atoms in total. The first kappa shape index (κ1) is 21.0. The number of benzene rings is 3. The van der Waals surface area contributed by atoms with Crippen LogP contribution in [0.15, 0.2) is 88.8 Å². The number of hydrogen-bond acceptors (Lipinski definition) is 6. The summed E-state index contributed by atoms with van der Waals surface area (Å²) in [7, 11) is 1.55. The van der Waals surface area contributed by atoms with Crippen LogP contribution in [0.2, 0.25) is 0 Å². The fourth-order valence-electron chi connectivity index (χ4n) is 3.76. The Hall–Kier alpha value is -3.91. The molecule has 8 heteroatoms. The van der Waals surface area contributed by atoms with Gasteiger partial charge < -0.3 is 10.1 Å². The molecule has 2 aliphatic heterocycles. The van der Waals surface area contributed by atoms with Crippen molar-refractivity contribution in [1.29, 1.82) is 0 Å². The Morgan fingerprint density at radius 2 is 1.76 bits per heavy atom. The van der Waals surface area contributed by atoms with E-state index in [9.17, 15) is 9.59 Å². The number of nitrogens with one attached hydrogen (secondary N) is 1. The zero-order valence-electron chi connectivity index (χ0n) is 17.8. The molecular formula is C25H20N4O3S. The van der Waals surface area contributed by atoms with Gasteiger partial charge in [0.1, 0.15) is 11.6 Å². The van der Waals surface area contributed by atoms with Crippen LogP contribution in [0.1, 0.15) is 17.2 Å². The Morgan fingerprint density at radius 1 is 1.03 bits per heavy atom. The number of methoxy groups -OCH3 is 1. The third-order valence-corrected chi connectivity index (χ3v) is 6.24. The predicted molar refractivity (Wildman–Crippen MR) is 130 cm³/mol. The second kappa shape index (κ2) is 8.91. The minimum absolute atomic E-state index is 0.0755. The zero-order valence-corrected chi connectivity index (χ0v) is 18.6. The summed E-state index contributed by atoms with van der Waals surface area (Å²) in [5.74, 6) is 0.811. The molecule has 1 atom stereocenters. The molecule has 1 unspecified atom stereocenters. The molecule has 0 aliphatic carbocycles. The summed E-state index contributed by atoms with van der Waals surface area (Å²) >= 11 is 1.20. The van der Waals surface area contributed by atoms with Crippen LogP contribution in [-0.4, -0.2) is 40.6 Å². The molecule has 2 amide bonds. The van der Waals surface area contributed by atoms with Crippen molar-refractivity contribution in [3.8, 4) is 5.75 Å². The fourth-order valence-corrected chi connectivity index (χ4v) is 4.56. The van der Waals surface area contributed by atoms with Crippen molar-refractivity contribution >= 4 is 46.0 Å². The van der Waals surface area contributed by atoms with Crippen molar-refractivity contribution in [2.75, 3.05) is 18.2 Å². The number of ether oxygens (including phenoxy) is 1. The molecule has 0 bridgehead atoms. The molecule has 0 aromatic heterocycles. The number of fused-ring (bicyclic) bond motifs is 3. The molecule has 1 N–H and O–H groups in total. The number of carbonyl (C=O) groups is 2. The maximum absolute atomic E-state index is 13.4. The van der Waals surface area contributed by atoms with Crippen LogP contribution in [0.4, 0.5) is 11.4 Å². The Bertz CT molecular complexity index is 1290. The Kier molecular flexibility index (Phi) is 5.66. The van der Waals surface area contributed by atoms with Crippen molar-refractivity contribution < 1.29 is 14.3 Å². The van der Waals surface area contributed by atoms with Gasteiger partial charge in [-0.25, -0.2) is 14.9 Å². The van der Waals surface area contributed by atoms with E-state index in [-0.39, 0.29) is 17.6 Å². The predicted octanol–water partition coefficient (Wildman–Crippen LogP) is 4.40. The maximum atomic E-state index is 13.4. The van der Waals surface area contributed by atoms with Crippen LogP contribution in [0.25, 0.3) is 0 Å². The number of rotatable bonds is 5. The van der Waals surface area contributed by atoms with Crippen molar-refractivity contribution in [1.82, 2.24) is 4.90 Å². The molecule has 0 saturated carbocycles. The first-order chi connectivity index (χ1) is 16.2. The molecule has 3 aromatic carbocycles. The lowest BCUT2D eigenvalue weighted by Gasteiger charge is -2.25. The molecule has 5 rings (SSSR count). The summed E-state index contributed by atoms with van der Waals surface area (Å²) in [5.41, 5.74) is 2.93. The Balaban J connectivity index is 1.40. The van der Waals surface area contributed by atoms with E-state index >= 15 is 0 Å². The number of anilines is 1. The SMILES string of the molecule is COc1ccccc1NC(=O)CSC1=Nc2ccccc2C2=NC(c3ccccc3)C(=O)N12. The molecule has 2 heterocycles. The highest BCUT2D eigenvalue weighted by atomic mass is 32.2. The van der Waals surface area contributed by atoms with Gasteiger partial charge in [-0.3, -0.25) is 9.59 Å². The van der Waals surface area contributed by atoms with Crippen LogP contribution < -0.4 is 10.1 Å². The summed E-state index contributed by atoms with van der Waals surface area (Å²) in [6.45, 7) is 0. The average Bonchev–Trinajstić information content (AvgIpc) is 3.21. The van der Waals surface area contributed by atoms with Gasteiger partial charge in [0.15, 0.2) is 11.2 Å². The molecule has 0 saturated heterocycles. The van der Waals surface area contributed by atoms with Gasteiger partial charge in [-0.05, 0) is 29.8 Å². The van der Waals surface area contributed by atoms with Crippen LogP contribution in [0.5, 0.6) is 5.75 Å². The van der Waals surface area contributed by atoms with Crippen molar-refractivity contribution in [2.45, 2.75) is 6.04 Å². The first-order valence-electron chi connectivity index (χ1n) is 10.4. The van der Waals surface area contributed by atoms with Crippen molar-refractivity contribution in [3.05, 3.63) is 90.0 Å². The van der Waals surface area contributed by atoms with Gasteiger partial charge in [0, 0.05) is 5.56 Å². The molecule has 2 aliphatic rings. The zero-order chi connectivity index (χ0) is 22.8. The molecule has 3 aromatic rings. The number of amidine groups is 2. The van der Waals surface area contributed by atoms with E-state index in [4.69, 9.17) is 9.73 Å².